The van der Waals surface area contributed by atoms with Crippen LogP contribution in [0.25, 0.3) is 17.2 Å². The number of hydrogen-bond acceptors (Lipinski definition) is 4. The Balaban J connectivity index is 2.03. The van der Waals surface area contributed by atoms with E-state index in [-0.39, 0.29) is 0 Å². The van der Waals surface area contributed by atoms with Crippen LogP contribution in [0.1, 0.15) is 0 Å². The average Bonchev–Trinajstić information content (AvgIpc) is 2.89. The first-order valence-electron chi connectivity index (χ1n) is 5.62. The molecule has 0 bridgehead atoms. The molecule has 0 radical (unpaired) electrons. The molecule has 0 saturated heterocycles. The predicted octanol–water partition coefficient (Wildman–Crippen LogP) is 2.67. The van der Waals surface area contributed by atoms with Gasteiger partial charge in [0.1, 0.15) is 6.33 Å². The third-order valence-electron chi connectivity index (χ3n) is 2.59. The monoisotopic (exact) mass is 315 g/mol. The van der Waals surface area contributed by atoms with Crippen LogP contribution < -0.4 is 5.73 Å². The second-order valence-corrected chi connectivity index (χ2v) is 4.80. The molecule has 0 fully saturated rings. The molecular formula is C13H10BrN5. The summed E-state index contributed by atoms with van der Waals surface area (Å²) in [5, 5.41) is 4.41. The largest absolute Gasteiger partial charge is 0.399 e. The van der Waals surface area contributed by atoms with Gasteiger partial charge in [-0.1, -0.05) is 12.1 Å². The van der Waals surface area contributed by atoms with Gasteiger partial charge in [-0.3, -0.25) is 0 Å². The molecule has 2 aromatic heterocycles. The van der Waals surface area contributed by atoms with Crippen molar-refractivity contribution in [2.24, 2.45) is 0 Å². The van der Waals surface area contributed by atoms with E-state index in [2.05, 4.69) is 31.0 Å². The highest BCUT2D eigenvalue weighted by Crippen LogP contribution is 2.20. The van der Waals surface area contributed by atoms with Crippen LogP contribution in [0.2, 0.25) is 0 Å². The van der Waals surface area contributed by atoms with Crippen LogP contribution in [-0.4, -0.2) is 19.7 Å². The van der Waals surface area contributed by atoms with Crippen LogP contribution >= 0.6 is 15.9 Å². The van der Waals surface area contributed by atoms with Crippen molar-refractivity contribution in [1.29, 1.82) is 0 Å². The number of rotatable bonds is 2. The summed E-state index contributed by atoms with van der Waals surface area (Å²) < 4.78 is 2.49. The Hall–Kier alpha value is -2.21. The summed E-state index contributed by atoms with van der Waals surface area (Å²) in [6, 6.07) is 11.2. The number of aromatic nitrogens is 4. The van der Waals surface area contributed by atoms with E-state index in [9.17, 15) is 0 Å². The van der Waals surface area contributed by atoms with Crippen LogP contribution in [0.4, 0.5) is 5.69 Å². The van der Waals surface area contributed by atoms with Crippen LogP contribution in [0.3, 0.4) is 0 Å². The number of nitrogen functional groups attached to an aromatic ring is 1. The summed E-state index contributed by atoms with van der Waals surface area (Å²) in [6.07, 6.45) is 3.34. The Morgan fingerprint density at radius 3 is 2.79 bits per heavy atom. The number of nitrogens with zero attached hydrogens (tertiary/aromatic N) is 4. The third kappa shape index (κ3) is 2.34. The molecule has 0 atom stereocenters. The minimum atomic E-state index is 0.616. The van der Waals surface area contributed by atoms with Crippen molar-refractivity contribution in [3.8, 4) is 17.2 Å². The molecule has 2 heterocycles. The third-order valence-corrected chi connectivity index (χ3v) is 3.21. The fraction of sp³-hybridized carbons (Fsp3) is 0. The van der Waals surface area contributed by atoms with E-state index in [1.165, 1.54) is 0 Å². The molecule has 5 nitrogen and oxygen atoms in total. The zero-order valence-electron chi connectivity index (χ0n) is 9.86. The van der Waals surface area contributed by atoms with Crippen molar-refractivity contribution in [1.82, 2.24) is 19.7 Å². The second-order valence-electron chi connectivity index (χ2n) is 3.95. The standard InChI is InChI=1S/C13H10BrN5/c14-11-5-2-6-16-13(11)19-8-17-12(18-19)9-3-1-4-10(15)7-9/h1-8H,15H2. The number of benzene rings is 1. The van der Waals surface area contributed by atoms with Crippen molar-refractivity contribution < 1.29 is 0 Å². The van der Waals surface area contributed by atoms with Gasteiger partial charge in [-0.25, -0.2) is 14.6 Å². The smallest absolute Gasteiger partial charge is 0.181 e. The van der Waals surface area contributed by atoms with Gasteiger partial charge in [-0.15, -0.1) is 5.10 Å². The summed E-state index contributed by atoms with van der Waals surface area (Å²) in [7, 11) is 0. The van der Waals surface area contributed by atoms with Gasteiger partial charge in [0.15, 0.2) is 11.6 Å². The number of nitrogens with two attached hydrogens (primary N) is 1. The Kier molecular flexibility index (Phi) is 3.00. The lowest BCUT2D eigenvalue weighted by molar-refractivity contribution is 0.843. The van der Waals surface area contributed by atoms with Gasteiger partial charge >= 0.3 is 0 Å². The lowest BCUT2D eigenvalue weighted by Gasteiger charge is -2.01. The summed E-state index contributed by atoms with van der Waals surface area (Å²) in [4.78, 5) is 8.54. The van der Waals surface area contributed by atoms with Crippen molar-refractivity contribution in [3.63, 3.8) is 0 Å². The van der Waals surface area contributed by atoms with Crippen molar-refractivity contribution in [2.75, 3.05) is 5.73 Å². The van der Waals surface area contributed by atoms with Gasteiger partial charge in [-0.05, 0) is 40.2 Å². The van der Waals surface area contributed by atoms with E-state index in [0.717, 1.165) is 10.0 Å². The normalized spacial score (nSPS) is 10.6. The Labute approximate surface area is 118 Å². The molecule has 0 unspecified atom stereocenters. The maximum atomic E-state index is 5.76. The summed E-state index contributed by atoms with van der Waals surface area (Å²) in [6.45, 7) is 0. The van der Waals surface area contributed by atoms with Crippen molar-refractivity contribution in [3.05, 3.63) is 53.4 Å². The highest BCUT2D eigenvalue weighted by Gasteiger charge is 2.08. The van der Waals surface area contributed by atoms with Gasteiger partial charge < -0.3 is 5.73 Å². The van der Waals surface area contributed by atoms with Crippen LogP contribution in [0.5, 0.6) is 0 Å². The molecule has 0 aliphatic rings. The molecule has 94 valence electrons. The molecule has 0 spiro atoms. The number of hydrogen-bond donors (Lipinski definition) is 1. The maximum Gasteiger partial charge on any atom is 0.181 e. The first-order valence-corrected chi connectivity index (χ1v) is 6.42. The molecule has 3 aromatic rings. The Bertz CT molecular complexity index is 722. The second kappa shape index (κ2) is 4.81. The number of anilines is 1. The van der Waals surface area contributed by atoms with E-state index in [4.69, 9.17) is 5.73 Å². The molecule has 0 amide bonds. The molecule has 2 N–H and O–H groups in total. The predicted molar refractivity (Wildman–Crippen MR) is 76.7 cm³/mol. The molecule has 3 rings (SSSR count). The van der Waals surface area contributed by atoms with Gasteiger partial charge in [-0.2, -0.15) is 0 Å². The van der Waals surface area contributed by atoms with Gasteiger partial charge in [0.2, 0.25) is 0 Å². The van der Waals surface area contributed by atoms with E-state index < -0.39 is 0 Å². The minimum absolute atomic E-state index is 0.616. The first kappa shape index (κ1) is 11.9. The zero-order chi connectivity index (χ0) is 13.2. The van der Waals surface area contributed by atoms with E-state index in [1.807, 2.05) is 36.4 Å². The lowest BCUT2D eigenvalue weighted by atomic mass is 10.2. The summed E-state index contributed by atoms with van der Waals surface area (Å²) in [5.74, 6) is 1.31. The molecule has 6 heteroatoms. The fourth-order valence-electron chi connectivity index (χ4n) is 1.72. The molecule has 19 heavy (non-hydrogen) atoms. The molecule has 0 saturated carbocycles. The summed E-state index contributed by atoms with van der Waals surface area (Å²) in [5.41, 5.74) is 7.32. The Morgan fingerprint density at radius 1 is 1.11 bits per heavy atom. The van der Waals surface area contributed by atoms with Crippen LogP contribution in [0, 0.1) is 0 Å². The highest BCUT2D eigenvalue weighted by atomic mass is 79.9. The number of halogens is 1. The van der Waals surface area contributed by atoms with Crippen LogP contribution in [0.15, 0.2) is 53.4 Å². The Morgan fingerprint density at radius 2 is 2.00 bits per heavy atom. The molecular weight excluding hydrogens is 306 g/mol. The topological polar surface area (TPSA) is 69.6 Å². The molecule has 1 aromatic carbocycles. The first-order chi connectivity index (χ1) is 9.24. The fourth-order valence-corrected chi connectivity index (χ4v) is 2.16. The van der Waals surface area contributed by atoms with Gasteiger partial charge in [0.25, 0.3) is 0 Å². The quantitative estimate of drug-likeness (QED) is 0.738. The number of pyridine rings is 1. The van der Waals surface area contributed by atoms with E-state index >= 15 is 0 Å². The van der Waals surface area contributed by atoms with Gasteiger partial charge in [0.05, 0.1) is 4.47 Å². The minimum Gasteiger partial charge on any atom is -0.399 e. The average molecular weight is 316 g/mol. The lowest BCUT2D eigenvalue weighted by Crippen LogP contribution is -1.99. The van der Waals surface area contributed by atoms with Crippen molar-refractivity contribution in [2.45, 2.75) is 0 Å². The summed E-state index contributed by atoms with van der Waals surface area (Å²) >= 11 is 3.44. The van der Waals surface area contributed by atoms with E-state index in [0.29, 0.717) is 17.3 Å². The highest BCUT2D eigenvalue weighted by molar-refractivity contribution is 9.10. The zero-order valence-corrected chi connectivity index (χ0v) is 11.4. The van der Waals surface area contributed by atoms with Crippen molar-refractivity contribution >= 4 is 21.6 Å². The van der Waals surface area contributed by atoms with Gasteiger partial charge in [0, 0.05) is 17.4 Å². The van der Waals surface area contributed by atoms with Crippen LogP contribution in [-0.2, 0) is 0 Å². The van der Waals surface area contributed by atoms with E-state index in [1.54, 1.807) is 17.2 Å². The SMILES string of the molecule is Nc1cccc(-c2ncn(-c3ncccc3Br)n2)c1. The molecule has 0 aliphatic carbocycles. The maximum absolute atomic E-state index is 5.76. The molecule has 0 aliphatic heterocycles.